The molecule has 0 aliphatic carbocycles. The van der Waals surface area contributed by atoms with Gasteiger partial charge in [0, 0.05) is 44.8 Å². The van der Waals surface area contributed by atoms with Gasteiger partial charge in [0.1, 0.15) is 0 Å². The van der Waals surface area contributed by atoms with Gasteiger partial charge in [-0.25, -0.2) is 0 Å². The SMILES string of the molecule is Cc1nn(C)c(C)c1C(=O)N1CC[C@H]2NC(=O)CC[C@]2(C(=O)NCc2ccccc2)C1. The van der Waals surface area contributed by atoms with Crippen LogP contribution in [0.4, 0.5) is 0 Å². The van der Waals surface area contributed by atoms with Crippen molar-refractivity contribution in [1.29, 1.82) is 0 Å². The zero-order valence-electron chi connectivity index (χ0n) is 18.3. The number of carbonyl (C=O) groups excluding carboxylic acids is 3. The van der Waals surface area contributed by atoms with Crippen LogP contribution in [0.3, 0.4) is 0 Å². The van der Waals surface area contributed by atoms with E-state index < -0.39 is 5.41 Å². The number of rotatable bonds is 4. The quantitative estimate of drug-likeness (QED) is 0.778. The van der Waals surface area contributed by atoms with Crippen molar-refractivity contribution in [1.82, 2.24) is 25.3 Å². The Balaban J connectivity index is 1.58. The van der Waals surface area contributed by atoms with Crippen molar-refractivity contribution in [3.8, 4) is 0 Å². The fraction of sp³-hybridized carbons (Fsp3) is 0.478. The van der Waals surface area contributed by atoms with Gasteiger partial charge in [0.05, 0.1) is 16.7 Å². The molecule has 2 aromatic rings. The molecule has 2 atom stereocenters. The Kier molecular flexibility index (Phi) is 5.56. The van der Waals surface area contributed by atoms with E-state index >= 15 is 0 Å². The van der Waals surface area contributed by atoms with Crippen LogP contribution in [0.5, 0.6) is 0 Å². The molecule has 0 unspecified atom stereocenters. The Bertz CT molecular complexity index is 1020. The Morgan fingerprint density at radius 1 is 1.26 bits per heavy atom. The Morgan fingerprint density at radius 2 is 2.00 bits per heavy atom. The maximum atomic E-state index is 13.5. The number of carbonyl (C=O) groups is 3. The molecule has 2 aliphatic heterocycles. The summed E-state index contributed by atoms with van der Waals surface area (Å²) in [7, 11) is 1.82. The van der Waals surface area contributed by atoms with Crippen LogP contribution in [0, 0.1) is 19.3 Å². The van der Waals surface area contributed by atoms with E-state index in [1.807, 2.05) is 51.2 Å². The third kappa shape index (κ3) is 3.82. The molecule has 0 bridgehead atoms. The first kappa shape index (κ1) is 21.1. The lowest BCUT2D eigenvalue weighted by atomic mass is 9.69. The lowest BCUT2D eigenvalue weighted by Crippen LogP contribution is -2.66. The third-order valence-electron chi connectivity index (χ3n) is 6.72. The molecule has 8 nitrogen and oxygen atoms in total. The van der Waals surface area contributed by atoms with E-state index in [0.29, 0.717) is 37.2 Å². The lowest BCUT2D eigenvalue weighted by molar-refractivity contribution is -0.142. The second-order valence-corrected chi connectivity index (χ2v) is 8.63. The number of fused-ring (bicyclic) bond motifs is 1. The molecule has 2 saturated heterocycles. The highest BCUT2D eigenvalue weighted by Gasteiger charge is 2.53. The average Bonchev–Trinajstić information content (AvgIpc) is 3.03. The number of piperidine rings is 2. The number of aryl methyl sites for hydroxylation is 2. The summed E-state index contributed by atoms with van der Waals surface area (Å²) in [6.45, 7) is 4.90. The molecule has 2 fully saturated rings. The van der Waals surface area contributed by atoms with E-state index in [9.17, 15) is 14.4 Å². The van der Waals surface area contributed by atoms with Crippen LogP contribution in [0.1, 0.15) is 46.6 Å². The van der Waals surface area contributed by atoms with Crippen molar-refractivity contribution in [2.24, 2.45) is 12.5 Å². The molecule has 1 aromatic carbocycles. The van der Waals surface area contributed by atoms with Gasteiger partial charge in [0.25, 0.3) is 5.91 Å². The monoisotopic (exact) mass is 423 g/mol. The largest absolute Gasteiger partial charge is 0.352 e. The van der Waals surface area contributed by atoms with Gasteiger partial charge in [-0.05, 0) is 32.3 Å². The maximum absolute atomic E-state index is 13.5. The molecule has 8 heteroatoms. The van der Waals surface area contributed by atoms with Crippen molar-refractivity contribution in [3.05, 3.63) is 52.8 Å². The van der Waals surface area contributed by atoms with E-state index in [1.54, 1.807) is 9.58 Å². The molecule has 0 radical (unpaired) electrons. The Hall–Kier alpha value is -3.16. The zero-order valence-corrected chi connectivity index (χ0v) is 18.3. The van der Waals surface area contributed by atoms with Crippen LogP contribution < -0.4 is 10.6 Å². The van der Waals surface area contributed by atoms with Gasteiger partial charge < -0.3 is 15.5 Å². The van der Waals surface area contributed by atoms with E-state index in [0.717, 1.165) is 11.3 Å². The number of benzene rings is 1. The van der Waals surface area contributed by atoms with Crippen LogP contribution in [0.25, 0.3) is 0 Å². The molecular formula is C23H29N5O3. The third-order valence-corrected chi connectivity index (χ3v) is 6.72. The predicted octanol–water partition coefficient (Wildman–Crippen LogP) is 1.46. The van der Waals surface area contributed by atoms with Gasteiger partial charge in [0.15, 0.2) is 0 Å². The first-order chi connectivity index (χ1) is 14.8. The summed E-state index contributed by atoms with van der Waals surface area (Å²) in [4.78, 5) is 40.7. The summed E-state index contributed by atoms with van der Waals surface area (Å²) in [5, 5.41) is 10.4. The first-order valence-corrected chi connectivity index (χ1v) is 10.7. The summed E-state index contributed by atoms with van der Waals surface area (Å²) in [6.07, 6.45) is 1.26. The first-order valence-electron chi connectivity index (χ1n) is 10.7. The van der Waals surface area contributed by atoms with Crippen LogP contribution in [-0.4, -0.2) is 51.5 Å². The summed E-state index contributed by atoms with van der Waals surface area (Å²) in [5.74, 6) is -0.248. The fourth-order valence-corrected chi connectivity index (χ4v) is 4.87. The minimum Gasteiger partial charge on any atom is -0.352 e. The topological polar surface area (TPSA) is 96.3 Å². The molecule has 4 rings (SSSR count). The summed E-state index contributed by atoms with van der Waals surface area (Å²) < 4.78 is 1.71. The molecule has 164 valence electrons. The fourth-order valence-electron chi connectivity index (χ4n) is 4.87. The molecule has 1 aromatic heterocycles. The minimum atomic E-state index is -0.833. The van der Waals surface area contributed by atoms with Gasteiger partial charge >= 0.3 is 0 Å². The van der Waals surface area contributed by atoms with Crippen molar-refractivity contribution in [2.75, 3.05) is 13.1 Å². The van der Waals surface area contributed by atoms with Crippen LogP contribution in [0.2, 0.25) is 0 Å². The van der Waals surface area contributed by atoms with E-state index in [-0.39, 0.29) is 36.7 Å². The van der Waals surface area contributed by atoms with E-state index in [2.05, 4.69) is 15.7 Å². The van der Waals surface area contributed by atoms with Gasteiger partial charge in [-0.15, -0.1) is 0 Å². The number of likely N-dealkylation sites (tertiary alicyclic amines) is 1. The zero-order chi connectivity index (χ0) is 22.2. The highest BCUT2D eigenvalue weighted by molar-refractivity contribution is 5.97. The van der Waals surface area contributed by atoms with Gasteiger partial charge in [0.2, 0.25) is 11.8 Å². The maximum Gasteiger partial charge on any atom is 0.257 e. The molecular weight excluding hydrogens is 394 g/mol. The van der Waals surface area contributed by atoms with Gasteiger partial charge in [-0.3, -0.25) is 19.1 Å². The molecule has 2 N–H and O–H groups in total. The number of amides is 3. The summed E-state index contributed by atoms with van der Waals surface area (Å²) >= 11 is 0. The highest BCUT2D eigenvalue weighted by atomic mass is 16.2. The lowest BCUT2D eigenvalue weighted by Gasteiger charge is -2.49. The standard InChI is InChI=1S/C23H29N5O3/c1-15-20(16(2)27(3)26-15)21(30)28-12-10-18-23(14-28,11-9-19(29)25-18)22(31)24-13-17-7-5-4-6-8-17/h4-8,18H,9-14H2,1-3H3,(H,24,31)(H,25,29)/t18-,23+/m1/s1. The number of nitrogens with one attached hydrogen (secondary N) is 2. The number of aromatic nitrogens is 2. The molecule has 2 aliphatic rings. The second-order valence-electron chi connectivity index (χ2n) is 8.63. The van der Waals surface area contributed by atoms with Crippen molar-refractivity contribution < 1.29 is 14.4 Å². The number of hydrogen-bond donors (Lipinski definition) is 2. The number of nitrogens with zero attached hydrogens (tertiary/aromatic N) is 3. The Labute approximate surface area is 182 Å². The van der Waals surface area contributed by atoms with E-state index in [1.165, 1.54) is 0 Å². The molecule has 3 heterocycles. The predicted molar refractivity (Wildman–Crippen MR) is 115 cm³/mol. The highest BCUT2D eigenvalue weighted by Crippen LogP contribution is 2.39. The molecule has 31 heavy (non-hydrogen) atoms. The van der Waals surface area contributed by atoms with Crippen LogP contribution >= 0.6 is 0 Å². The van der Waals surface area contributed by atoms with Gasteiger partial charge in [-0.2, -0.15) is 5.10 Å². The molecule has 0 saturated carbocycles. The second kappa shape index (κ2) is 8.17. The van der Waals surface area contributed by atoms with E-state index in [4.69, 9.17) is 0 Å². The number of hydrogen-bond acceptors (Lipinski definition) is 4. The van der Waals surface area contributed by atoms with Crippen molar-refractivity contribution >= 4 is 17.7 Å². The van der Waals surface area contributed by atoms with Gasteiger partial charge in [-0.1, -0.05) is 30.3 Å². The smallest absolute Gasteiger partial charge is 0.257 e. The van der Waals surface area contributed by atoms with Crippen LogP contribution in [-0.2, 0) is 23.2 Å². The van der Waals surface area contributed by atoms with Crippen LogP contribution in [0.15, 0.2) is 30.3 Å². The molecule has 0 spiro atoms. The normalized spacial score (nSPS) is 23.1. The Morgan fingerprint density at radius 3 is 2.68 bits per heavy atom. The summed E-state index contributed by atoms with van der Waals surface area (Å²) in [5.41, 5.74) is 2.27. The van der Waals surface area contributed by atoms with Crippen molar-refractivity contribution in [3.63, 3.8) is 0 Å². The summed E-state index contributed by atoms with van der Waals surface area (Å²) in [6, 6.07) is 9.45. The molecule has 3 amide bonds. The van der Waals surface area contributed by atoms with Crippen molar-refractivity contribution in [2.45, 2.75) is 45.7 Å². The average molecular weight is 424 g/mol. The minimum absolute atomic E-state index is 0.0322.